The van der Waals surface area contributed by atoms with Crippen molar-refractivity contribution in [3.05, 3.63) is 78.4 Å². The minimum atomic E-state index is 0.547. The fourth-order valence-electron chi connectivity index (χ4n) is 3.33. The van der Waals surface area contributed by atoms with Crippen molar-refractivity contribution >= 4 is 5.69 Å². The van der Waals surface area contributed by atoms with Gasteiger partial charge in [-0.15, -0.1) is 0 Å². The number of fused-ring (bicyclic) bond motifs is 1. The summed E-state index contributed by atoms with van der Waals surface area (Å²) in [6.45, 7) is 5.73. The van der Waals surface area contributed by atoms with E-state index in [9.17, 15) is 0 Å². The molecule has 1 heteroatoms. The number of anilines is 1. The van der Waals surface area contributed by atoms with Crippen LogP contribution in [-0.4, -0.2) is 12.6 Å². The van der Waals surface area contributed by atoms with Crippen molar-refractivity contribution in [1.82, 2.24) is 0 Å². The maximum absolute atomic E-state index is 2.53. The van der Waals surface area contributed by atoms with Crippen molar-refractivity contribution < 1.29 is 0 Å². The van der Waals surface area contributed by atoms with Crippen molar-refractivity contribution in [2.24, 2.45) is 0 Å². The Kier molecular flexibility index (Phi) is 4.97. The lowest BCUT2D eigenvalue weighted by molar-refractivity contribution is 0.626. The minimum Gasteiger partial charge on any atom is -0.369 e. The van der Waals surface area contributed by atoms with E-state index in [0.29, 0.717) is 6.04 Å². The first kappa shape index (κ1) is 15.6. The Morgan fingerprint density at radius 2 is 1.43 bits per heavy atom. The SMILES string of the molecule is CC(C)N1CCCc2c(-c3ccccccccc3)cccc21. The average Bonchev–Trinajstić information content (AvgIpc) is 2.58. The zero-order valence-electron chi connectivity index (χ0n) is 14.1. The Bertz CT molecular complexity index is 692. The summed E-state index contributed by atoms with van der Waals surface area (Å²) in [5, 5.41) is 0. The monoisotopic (exact) mass is 303 g/mol. The van der Waals surface area contributed by atoms with Crippen LogP contribution >= 0.6 is 0 Å². The third-order valence-corrected chi connectivity index (χ3v) is 4.44. The van der Waals surface area contributed by atoms with Crippen molar-refractivity contribution in [3.8, 4) is 11.1 Å². The molecule has 1 aliphatic rings. The van der Waals surface area contributed by atoms with Gasteiger partial charge in [0.05, 0.1) is 0 Å². The molecule has 0 amide bonds. The summed E-state index contributed by atoms with van der Waals surface area (Å²) >= 11 is 0. The average molecular weight is 303 g/mol. The van der Waals surface area contributed by atoms with Gasteiger partial charge in [0.2, 0.25) is 0 Å². The molecule has 0 saturated carbocycles. The van der Waals surface area contributed by atoms with Crippen LogP contribution in [0, 0.1) is 0 Å². The van der Waals surface area contributed by atoms with Crippen LogP contribution in [0.25, 0.3) is 11.1 Å². The van der Waals surface area contributed by atoms with Gasteiger partial charge in [0.25, 0.3) is 0 Å². The molecule has 1 nitrogen and oxygen atoms in total. The van der Waals surface area contributed by atoms with Crippen LogP contribution in [0.3, 0.4) is 0 Å². The van der Waals surface area contributed by atoms with Gasteiger partial charge >= 0.3 is 0 Å². The molecule has 0 aromatic heterocycles. The Balaban J connectivity index is 2.13. The molecule has 0 N–H and O–H groups in total. The largest absolute Gasteiger partial charge is 0.369 e. The predicted molar refractivity (Wildman–Crippen MR) is 100 cm³/mol. The van der Waals surface area contributed by atoms with Crippen LogP contribution in [0.2, 0.25) is 0 Å². The summed E-state index contributed by atoms with van der Waals surface area (Å²) in [5.74, 6) is 0. The van der Waals surface area contributed by atoms with E-state index in [4.69, 9.17) is 0 Å². The van der Waals surface area contributed by atoms with Crippen LogP contribution < -0.4 is 4.90 Å². The molecule has 0 fully saturated rings. The van der Waals surface area contributed by atoms with Crippen molar-refractivity contribution in [1.29, 1.82) is 0 Å². The highest BCUT2D eigenvalue weighted by molar-refractivity contribution is 5.75. The number of rotatable bonds is 2. The molecule has 0 atom stereocenters. The summed E-state index contributed by atoms with van der Waals surface area (Å²) in [6.07, 6.45) is 2.40. The molecule has 0 bridgehead atoms. The van der Waals surface area contributed by atoms with E-state index in [1.54, 1.807) is 0 Å². The van der Waals surface area contributed by atoms with Crippen LogP contribution in [0.15, 0.2) is 72.8 Å². The van der Waals surface area contributed by atoms with Gasteiger partial charge in [-0.1, -0.05) is 66.7 Å². The van der Waals surface area contributed by atoms with Crippen LogP contribution in [0.5, 0.6) is 0 Å². The molecule has 0 aliphatic carbocycles. The second-order valence-electron chi connectivity index (χ2n) is 6.33. The smallest absolute Gasteiger partial charge is 0.0407 e. The second kappa shape index (κ2) is 7.32. The van der Waals surface area contributed by atoms with Crippen molar-refractivity contribution in [2.75, 3.05) is 11.4 Å². The second-order valence-corrected chi connectivity index (χ2v) is 6.33. The molecule has 1 heterocycles. The summed E-state index contributed by atoms with van der Waals surface area (Å²) < 4.78 is 0. The normalized spacial score (nSPS) is 13.4. The lowest BCUT2D eigenvalue weighted by atomic mass is 9.92. The van der Waals surface area contributed by atoms with Gasteiger partial charge in [-0.05, 0) is 49.4 Å². The van der Waals surface area contributed by atoms with E-state index < -0.39 is 0 Å². The van der Waals surface area contributed by atoms with Crippen LogP contribution in [0.1, 0.15) is 25.8 Å². The first-order chi connectivity index (χ1) is 11.3. The molecular formula is C22H25N. The maximum Gasteiger partial charge on any atom is 0.0407 e. The molecule has 23 heavy (non-hydrogen) atoms. The fourth-order valence-corrected chi connectivity index (χ4v) is 3.33. The molecule has 0 spiro atoms. The maximum atomic E-state index is 2.53. The molecular weight excluding hydrogens is 278 g/mol. The molecule has 1 aliphatic heterocycles. The number of hydrogen-bond acceptors (Lipinski definition) is 1. The quantitative estimate of drug-likeness (QED) is 0.694. The third kappa shape index (κ3) is 3.56. The molecule has 2 aromatic rings. The Labute approximate surface area is 139 Å². The fraction of sp³-hybridized carbons (Fsp3) is 0.273. The number of nitrogens with zero attached hydrogens (tertiary/aromatic N) is 1. The standard InChI is InChI=1S/C22H25N/c1-18(2)23-17-11-15-21-20(14-10-16-22(21)23)19-12-8-6-4-3-5-7-9-13-19/h3-10,12-14,16,18H,11,15,17H2,1-2H3. The summed E-state index contributed by atoms with van der Waals surface area (Å²) in [7, 11) is 0. The van der Waals surface area contributed by atoms with Gasteiger partial charge in [0.1, 0.15) is 0 Å². The first-order valence-electron chi connectivity index (χ1n) is 8.54. The lowest BCUT2D eigenvalue weighted by Crippen LogP contribution is -2.35. The molecule has 3 rings (SSSR count). The Morgan fingerprint density at radius 3 is 2.09 bits per heavy atom. The van der Waals surface area contributed by atoms with Crippen molar-refractivity contribution in [2.45, 2.75) is 32.7 Å². The van der Waals surface area contributed by atoms with E-state index >= 15 is 0 Å². The predicted octanol–water partition coefficient (Wildman–Crippen LogP) is 5.64. The van der Waals surface area contributed by atoms with E-state index in [1.807, 2.05) is 6.07 Å². The van der Waals surface area contributed by atoms with Gasteiger partial charge < -0.3 is 4.90 Å². The summed E-state index contributed by atoms with van der Waals surface area (Å²) in [6, 6.07) is 26.3. The van der Waals surface area contributed by atoms with Crippen LogP contribution in [-0.2, 0) is 6.42 Å². The third-order valence-electron chi connectivity index (χ3n) is 4.44. The summed E-state index contributed by atoms with van der Waals surface area (Å²) in [4.78, 5) is 2.53. The Hall–Kier alpha value is -2.28. The highest BCUT2D eigenvalue weighted by Gasteiger charge is 2.21. The summed E-state index contributed by atoms with van der Waals surface area (Å²) in [5.41, 5.74) is 5.55. The van der Waals surface area contributed by atoms with Crippen molar-refractivity contribution in [3.63, 3.8) is 0 Å². The molecule has 0 unspecified atom stereocenters. The van der Waals surface area contributed by atoms with E-state index in [0.717, 1.165) is 6.54 Å². The van der Waals surface area contributed by atoms with Gasteiger partial charge in [0.15, 0.2) is 0 Å². The molecule has 2 aromatic carbocycles. The highest BCUT2D eigenvalue weighted by Crippen LogP contribution is 2.35. The van der Waals surface area contributed by atoms with Gasteiger partial charge in [-0.2, -0.15) is 0 Å². The van der Waals surface area contributed by atoms with E-state index in [1.165, 1.54) is 35.2 Å². The number of benzene rings is 1. The molecule has 118 valence electrons. The van der Waals surface area contributed by atoms with Gasteiger partial charge in [0, 0.05) is 18.3 Å². The van der Waals surface area contributed by atoms with Gasteiger partial charge in [-0.3, -0.25) is 0 Å². The molecule has 0 saturated heterocycles. The van der Waals surface area contributed by atoms with Gasteiger partial charge in [-0.25, -0.2) is 0 Å². The topological polar surface area (TPSA) is 3.24 Å². The van der Waals surface area contributed by atoms with E-state index in [2.05, 4.69) is 85.5 Å². The number of hydrogen-bond donors (Lipinski definition) is 0. The highest BCUT2D eigenvalue weighted by atomic mass is 15.2. The molecule has 0 radical (unpaired) electrons. The lowest BCUT2D eigenvalue weighted by Gasteiger charge is -2.35. The first-order valence-corrected chi connectivity index (χ1v) is 8.54. The zero-order valence-corrected chi connectivity index (χ0v) is 14.1. The minimum absolute atomic E-state index is 0.547. The Morgan fingerprint density at radius 1 is 0.783 bits per heavy atom. The van der Waals surface area contributed by atoms with Crippen LogP contribution in [0.4, 0.5) is 5.69 Å². The van der Waals surface area contributed by atoms with E-state index in [-0.39, 0.29) is 0 Å². The zero-order chi connectivity index (χ0) is 16.1.